The maximum atomic E-state index is 4.82. The van der Waals surface area contributed by atoms with Crippen molar-refractivity contribution in [3.63, 3.8) is 0 Å². The van der Waals surface area contributed by atoms with E-state index in [-0.39, 0.29) is 5.41 Å². The SMILES string of the molecule is C=CCN(C)c1cc(CNCC(C)C)cc(C(C)(C)C)n1. The molecule has 3 heteroatoms. The molecule has 0 saturated heterocycles. The van der Waals surface area contributed by atoms with Crippen LogP contribution in [0.4, 0.5) is 5.82 Å². The molecular formula is C18H31N3. The molecule has 0 atom stereocenters. The van der Waals surface area contributed by atoms with Gasteiger partial charge in [0.1, 0.15) is 5.82 Å². The van der Waals surface area contributed by atoms with Gasteiger partial charge in [-0.2, -0.15) is 0 Å². The third kappa shape index (κ3) is 5.88. The molecule has 1 heterocycles. The van der Waals surface area contributed by atoms with Gasteiger partial charge in [-0.25, -0.2) is 4.98 Å². The van der Waals surface area contributed by atoms with Gasteiger partial charge >= 0.3 is 0 Å². The van der Waals surface area contributed by atoms with Gasteiger partial charge in [0, 0.05) is 31.2 Å². The molecular weight excluding hydrogens is 258 g/mol. The maximum Gasteiger partial charge on any atom is 0.129 e. The van der Waals surface area contributed by atoms with E-state index in [0.717, 1.165) is 31.1 Å². The lowest BCUT2D eigenvalue weighted by Crippen LogP contribution is -2.23. The molecule has 0 radical (unpaired) electrons. The maximum absolute atomic E-state index is 4.82. The molecule has 0 aromatic carbocycles. The Kier molecular flexibility index (Phi) is 6.41. The van der Waals surface area contributed by atoms with Gasteiger partial charge < -0.3 is 10.2 Å². The van der Waals surface area contributed by atoms with Crippen molar-refractivity contribution in [1.82, 2.24) is 10.3 Å². The summed E-state index contributed by atoms with van der Waals surface area (Å²) in [6.45, 7) is 17.6. The van der Waals surface area contributed by atoms with E-state index >= 15 is 0 Å². The van der Waals surface area contributed by atoms with Crippen LogP contribution < -0.4 is 10.2 Å². The van der Waals surface area contributed by atoms with Gasteiger partial charge in [-0.15, -0.1) is 6.58 Å². The minimum atomic E-state index is 0.0534. The second kappa shape index (κ2) is 7.60. The van der Waals surface area contributed by atoms with Crippen LogP contribution in [-0.2, 0) is 12.0 Å². The molecule has 1 aromatic heterocycles. The lowest BCUT2D eigenvalue weighted by atomic mass is 9.90. The standard InChI is InChI=1S/C18H31N3/c1-8-9-21(7)17-11-15(13-19-12-14(2)3)10-16(20-17)18(4,5)6/h8,10-11,14,19H,1,9,12-13H2,2-7H3. The summed E-state index contributed by atoms with van der Waals surface area (Å²) in [7, 11) is 2.06. The van der Waals surface area contributed by atoms with E-state index in [4.69, 9.17) is 4.98 Å². The molecule has 3 nitrogen and oxygen atoms in total. The molecule has 0 spiro atoms. The Morgan fingerprint density at radius 1 is 1.33 bits per heavy atom. The third-order valence-corrected chi connectivity index (χ3v) is 3.32. The van der Waals surface area contributed by atoms with Crippen LogP contribution in [0.15, 0.2) is 24.8 Å². The van der Waals surface area contributed by atoms with Crippen molar-refractivity contribution in [2.24, 2.45) is 5.92 Å². The molecule has 1 rings (SSSR count). The normalized spacial score (nSPS) is 11.8. The molecule has 21 heavy (non-hydrogen) atoms. The highest BCUT2D eigenvalue weighted by molar-refractivity contribution is 5.43. The molecule has 0 saturated carbocycles. The van der Waals surface area contributed by atoms with Crippen LogP contribution in [0, 0.1) is 5.92 Å². The predicted octanol–water partition coefficient (Wildman–Crippen LogP) is 3.75. The fourth-order valence-electron chi connectivity index (χ4n) is 2.05. The average molecular weight is 289 g/mol. The largest absolute Gasteiger partial charge is 0.356 e. The van der Waals surface area contributed by atoms with E-state index < -0.39 is 0 Å². The van der Waals surface area contributed by atoms with Crippen molar-refractivity contribution < 1.29 is 0 Å². The van der Waals surface area contributed by atoms with E-state index in [2.05, 4.69) is 70.6 Å². The molecule has 0 fully saturated rings. The summed E-state index contributed by atoms with van der Waals surface area (Å²) >= 11 is 0. The minimum absolute atomic E-state index is 0.0534. The van der Waals surface area contributed by atoms with Crippen LogP contribution in [0.2, 0.25) is 0 Å². The summed E-state index contributed by atoms with van der Waals surface area (Å²) < 4.78 is 0. The van der Waals surface area contributed by atoms with Crippen LogP contribution in [0.1, 0.15) is 45.9 Å². The first-order valence-electron chi connectivity index (χ1n) is 7.78. The number of anilines is 1. The van der Waals surface area contributed by atoms with Gasteiger partial charge in [0.05, 0.1) is 0 Å². The smallest absolute Gasteiger partial charge is 0.129 e. The van der Waals surface area contributed by atoms with E-state index in [9.17, 15) is 0 Å². The summed E-state index contributed by atoms with van der Waals surface area (Å²) in [5.74, 6) is 1.68. The molecule has 0 unspecified atom stereocenters. The van der Waals surface area contributed by atoms with Crippen LogP contribution >= 0.6 is 0 Å². The topological polar surface area (TPSA) is 28.2 Å². The number of nitrogens with one attached hydrogen (secondary N) is 1. The zero-order valence-corrected chi connectivity index (χ0v) is 14.5. The van der Waals surface area contributed by atoms with Crippen molar-refractivity contribution in [1.29, 1.82) is 0 Å². The molecule has 0 aliphatic rings. The van der Waals surface area contributed by atoms with Crippen molar-refractivity contribution in [3.05, 3.63) is 36.0 Å². The van der Waals surface area contributed by atoms with Gasteiger partial charge in [-0.05, 0) is 30.2 Å². The van der Waals surface area contributed by atoms with E-state index in [1.807, 2.05) is 6.08 Å². The molecule has 118 valence electrons. The molecule has 0 amide bonds. The highest BCUT2D eigenvalue weighted by Gasteiger charge is 2.18. The number of pyridine rings is 1. The van der Waals surface area contributed by atoms with Crippen molar-refractivity contribution in [3.8, 4) is 0 Å². The molecule has 0 aliphatic carbocycles. The summed E-state index contributed by atoms with van der Waals surface area (Å²) in [6, 6.07) is 4.39. The summed E-state index contributed by atoms with van der Waals surface area (Å²) in [4.78, 5) is 6.95. The van der Waals surface area contributed by atoms with Crippen LogP contribution in [-0.4, -0.2) is 25.1 Å². The van der Waals surface area contributed by atoms with Gasteiger partial charge in [0.15, 0.2) is 0 Å². The highest BCUT2D eigenvalue weighted by Crippen LogP contribution is 2.24. The predicted molar refractivity (Wildman–Crippen MR) is 92.9 cm³/mol. The Bertz CT molecular complexity index is 458. The highest BCUT2D eigenvalue weighted by atomic mass is 15.2. The number of hydrogen-bond acceptors (Lipinski definition) is 3. The first kappa shape index (κ1) is 17.7. The van der Waals surface area contributed by atoms with Gasteiger partial charge in [-0.1, -0.05) is 40.7 Å². The van der Waals surface area contributed by atoms with Gasteiger partial charge in [0.25, 0.3) is 0 Å². The summed E-state index contributed by atoms with van der Waals surface area (Å²) in [5, 5.41) is 3.51. The summed E-state index contributed by atoms with van der Waals surface area (Å²) in [6.07, 6.45) is 1.90. The number of hydrogen-bond donors (Lipinski definition) is 1. The number of aromatic nitrogens is 1. The van der Waals surface area contributed by atoms with Crippen LogP contribution in [0.25, 0.3) is 0 Å². The molecule has 0 bridgehead atoms. The second-order valence-electron chi connectivity index (χ2n) is 7.16. The Morgan fingerprint density at radius 3 is 2.52 bits per heavy atom. The van der Waals surface area contributed by atoms with Crippen LogP contribution in [0.3, 0.4) is 0 Å². The third-order valence-electron chi connectivity index (χ3n) is 3.32. The Balaban J connectivity index is 3.00. The monoisotopic (exact) mass is 289 g/mol. The number of nitrogens with zero attached hydrogens (tertiary/aromatic N) is 2. The Labute approximate surface area is 130 Å². The molecule has 0 aliphatic heterocycles. The molecule has 1 aromatic rings. The average Bonchev–Trinajstić information content (AvgIpc) is 2.37. The minimum Gasteiger partial charge on any atom is -0.356 e. The summed E-state index contributed by atoms with van der Waals surface area (Å²) in [5.41, 5.74) is 2.48. The number of likely N-dealkylation sites (N-methyl/N-ethyl adjacent to an activating group) is 1. The van der Waals surface area contributed by atoms with Crippen LogP contribution in [0.5, 0.6) is 0 Å². The number of rotatable bonds is 7. The quantitative estimate of drug-likeness (QED) is 0.775. The van der Waals surface area contributed by atoms with Crippen molar-refractivity contribution in [2.45, 2.75) is 46.6 Å². The van der Waals surface area contributed by atoms with Crippen molar-refractivity contribution >= 4 is 5.82 Å². The van der Waals surface area contributed by atoms with E-state index in [0.29, 0.717) is 5.92 Å². The van der Waals surface area contributed by atoms with Crippen molar-refractivity contribution in [2.75, 3.05) is 25.0 Å². The zero-order chi connectivity index (χ0) is 16.0. The second-order valence-corrected chi connectivity index (χ2v) is 7.16. The van der Waals surface area contributed by atoms with Gasteiger partial charge in [0.2, 0.25) is 0 Å². The fourth-order valence-corrected chi connectivity index (χ4v) is 2.05. The lowest BCUT2D eigenvalue weighted by molar-refractivity contribution is 0.546. The van der Waals surface area contributed by atoms with E-state index in [1.54, 1.807) is 0 Å². The Hall–Kier alpha value is -1.35. The van der Waals surface area contributed by atoms with E-state index in [1.165, 1.54) is 5.56 Å². The first-order valence-corrected chi connectivity index (χ1v) is 7.78. The lowest BCUT2D eigenvalue weighted by Gasteiger charge is -2.23. The fraction of sp³-hybridized carbons (Fsp3) is 0.611. The zero-order valence-electron chi connectivity index (χ0n) is 14.5. The molecule has 1 N–H and O–H groups in total. The Morgan fingerprint density at radius 2 is 2.00 bits per heavy atom. The first-order chi connectivity index (χ1) is 9.74. The van der Waals surface area contributed by atoms with Gasteiger partial charge in [-0.3, -0.25) is 0 Å².